The van der Waals surface area contributed by atoms with Crippen LogP contribution in [0, 0.1) is 0 Å². The van der Waals surface area contributed by atoms with E-state index in [2.05, 4.69) is 0 Å². The molecule has 0 aromatic heterocycles. The summed E-state index contributed by atoms with van der Waals surface area (Å²) in [5.74, 6) is -2.25. The number of carbonyl (C=O) groups is 2. The van der Waals surface area contributed by atoms with Crippen molar-refractivity contribution in [3.63, 3.8) is 0 Å². The highest BCUT2D eigenvalue weighted by Crippen LogP contribution is 2.25. The van der Waals surface area contributed by atoms with Crippen molar-refractivity contribution in [2.45, 2.75) is 20.0 Å². The Morgan fingerprint density at radius 3 is 2.00 bits per heavy atom. The highest BCUT2D eigenvalue weighted by molar-refractivity contribution is 6.04. The fraction of sp³-hybridized carbons (Fsp3) is 0.429. The van der Waals surface area contributed by atoms with E-state index in [4.69, 9.17) is 0 Å². The number of imide groups is 1. The zero-order valence-corrected chi connectivity index (χ0v) is 7.03. The van der Waals surface area contributed by atoms with Gasteiger partial charge in [-0.1, -0.05) is 6.08 Å². The molecule has 0 radical (unpaired) electrons. The van der Waals surface area contributed by atoms with E-state index in [1.807, 2.05) is 0 Å². The minimum absolute atomic E-state index is 0.609. The van der Waals surface area contributed by atoms with Crippen molar-refractivity contribution >= 4 is 11.8 Å². The molecule has 3 nitrogen and oxygen atoms in total. The molecule has 0 fully saturated rings. The number of carbonyl (C=O) groups excluding carboxylic acids is 2. The quantitative estimate of drug-likeness (QED) is 0.638. The van der Waals surface area contributed by atoms with E-state index in [1.54, 1.807) is 0 Å². The van der Waals surface area contributed by atoms with Crippen LogP contribution in [0.4, 0.5) is 13.2 Å². The number of rotatable bonds is 1. The summed E-state index contributed by atoms with van der Waals surface area (Å²) in [5, 5.41) is 1.53. The average Bonchev–Trinajstić information content (AvgIpc) is 1.82. The lowest BCUT2D eigenvalue weighted by atomic mass is 10.2. The molecule has 0 saturated carbocycles. The van der Waals surface area contributed by atoms with Gasteiger partial charge < -0.3 is 0 Å². The fourth-order valence-electron chi connectivity index (χ4n) is 0.651. The van der Waals surface area contributed by atoms with E-state index in [0.29, 0.717) is 6.08 Å². The van der Waals surface area contributed by atoms with Crippen molar-refractivity contribution in [3.8, 4) is 0 Å². The van der Waals surface area contributed by atoms with Crippen LogP contribution in [0.15, 0.2) is 11.6 Å². The van der Waals surface area contributed by atoms with Crippen molar-refractivity contribution in [1.29, 1.82) is 0 Å². The van der Waals surface area contributed by atoms with Gasteiger partial charge >= 0.3 is 6.18 Å². The van der Waals surface area contributed by atoms with Crippen molar-refractivity contribution in [1.82, 2.24) is 5.32 Å². The van der Waals surface area contributed by atoms with Gasteiger partial charge in [0, 0.05) is 6.92 Å². The number of amides is 2. The number of hydrogen-bond donors (Lipinski definition) is 1. The van der Waals surface area contributed by atoms with E-state index >= 15 is 0 Å². The first-order valence-electron chi connectivity index (χ1n) is 3.34. The zero-order valence-electron chi connectivity index (χ0n) is 7.03. The predicted octanol–water partition coefficient (Wildman–Crippen LogP) is 1.16. The molecule has 2 amide bonds. The Balaban J connectivity index is 4.64. The lowest BCUT2D eigenvalue weighted by molar-refractivity contribution is -0.134. The smallest absolute Gasteiger partial charge is 0.293 e. The second-order valence-electron chi connectivity index (χ2n) is 2.21. The molecule has 0 spiro atoms. The second kappa shape index (κ2) is 4.06. The summed E-state index contributed by atoms with van der Waals surface area (Å²) in [4.78, 5) is 21.0. The molecule has 0 unspecified atom stereocenters. The maximum atomic E-state index is 12.0. The first-order chi connectivity index (χ1) is 5.79. The van der Waals surface area contributed by atoms with E-state index in [1.165, 1.54) is 5.32 Å². The molecule has 1 N–H and O–H groups in total. The molecular weight excluding hydrogens is 187 g/mol. The topological polar surface area (TPSA) is 46.2 Å². The molecule has 0 aromatic rings. The van der Waals surface area contributed by atoms with Crippen LogP contribution in [0.1, 0.15) is 13.8 Å². The number of halogens is 3. The van der Waals surface area contributed by atoms with E-state index in [9.17, 15) is 22.8 Å². The van der Waals surface area contributed by atoms with E-state index in [-0.39, 0.29) is 0 Å². The zero-order chi connectivity index (χ0) is 10.6. The number of nitrogens with one attached hydrogen (secondary N) is 1. The number of hydrogen-bond acceptors (Lipinski definition) is 2. The predicted molar refractivity (Wildman–Crippen MR) is 38.6 cm³/mol. The maximum absolute atomic E-state index is 12.0. The van der Waals surface area contributed by atoms with Gasteiger partial charge in [-0.2, -0.15) is 13.2 Å². The summed E-state index contributed by atoms with van der Waals surface area (Å²) in [7, 11) is 0. The standard InChI is InChI=1S/C7H8F3NO2/c1-3-5(7(8,9)10)6(13)11-4(2)12/h3H,1-2H3,(H,11,12,13)/b5-3+. The second-order valence-corrected chi connectivity index (χ2v) is 2.21. The monoisotopic (exact) mass is 195 g/mol. The molecule has 0 rings (SSSR count). The Morgan fingerprint density at radius 2 is 1.77 bits per heavy atom. The third-order valence-corrected chi connectivity index (χ3v) is 1.13. The van der Waals surface area contributed by atoms with Gasteiger partial charge in [-0.15, -0.1) is 0 Å². The van der Waals surface area contributed by atoms with Crippen LogP contribution in [0.2, 0.25) is 0 Å². The van der Waals surface area contributed by atoms with E-state index in [0.717, 1.165) is 13.8 Å². The largest absolute Gasteiger partial charge is 0.421 e. The van der Waals surface area contributed by atoms with Crippen LogP contribution in [0.3, 0.4) is 0 Å². The van der Waals surface area contributed by atoms with Crippen molar-refractivity contribution in [3.05, 3.63) is 11.6 Å². The Labute approximate surface area is 72.6 Å². The molecule has 0 atom stereocenters. The van der Waals surface area contributed by atoms with Gasteiger partial charge in [0.1, 0.15) is 5.57 Å². The third-order valence-electron chi connectivity index (χ3n) is 1.13. The molecule has 0 saturated heterocycles. The lowest BCUT2D eigenvalue weighted by Gasteiger charge is -2.09. The molecule has 0 bridgehead atoms. The van der Waals surface area contributed by atoms with Gasteiger partial charge in [0.05, 0.1) is 0 Å². The third kappa shape index (κ3) is 3.73. The molecule has 0 aliphatic rings. The molecule has 0 heterocycles. The molecule has 74 valence electrons. The van der Waals surface area contributed by atoms with Gasteiger partial charge in [-0.05, 0) is 6.92 Å². The van der Waals surface area contributed by atoms with Gasteiger partial charge in [0.2, 0.25) is 5.91 Å². The van der Waals surface area contributed by atoms with Crippen LogP contribution >= 0.6 is 0 Å². The summed E-state index contributed by atoms with van der Waals surface area (Å²) in [6, 6.07) is 0. The summed E-state index contributed by atoms with van der Waals surface area (Å²) < 4.78 is 35.9. The normalized spacial score (nSPS) is 12.5. The molecule has 0 aliphatic carbocycles. The van der Waals surface area contributed by atoms with Gasteiger partial charge in [-0.25, -0.2) is 0 Å². The van der Waals surface area contributed by atoms with Crippen molar-refractivity contribution in [2.24, 2.45) is 0 Å². The molecule has 0 aliphatic heterocycles. The van der Waals surface area contributed by atoms with Crippen molar-refractivity contribution in [2.75, 3.05) is 0 Å². The highest BCUT2D eigenvalue weighted by atomic mass is 19.4. The maximum Gasteiger partial charge on any atom is 0.421 e. The summed E-state index contributed by atoms with van der Waals surface area (Å²) in [5.41, 5.74) is -1.37. The van der Waals surface area contributed by atoms with Crippen LogP contribution in [0.25, 0.3) is 0 Å². The van der Waals surface area contributed by atoms with Crippen LogP contribution < -0.4 is 5.32 Å². The van der Waals surface area contributed by atoms with Gasteiger partial charge in [-0.3, -0.25) is 14.9 Å². The molecule has 0 aromatic carbocycles. The highest BCUT2D eigenvalue weighted by Gasteiger charge is 2.38. The van der Waals surface area contributed by atoms with Gasteiger partial charge in [0.15, 0.2) is 0 Å². The Kier molecular flexibility index (Phi) is 3.65. The molecule has 13 heavy (non-hydrogen) atoms. The molecule has 6 heteroatoms. The Bertz CT molecular complexity index is 255. The lowest BCUT2D eigenvalue weighted by Crippen LogP contribution is -2.34. The van der Waals surface area contributed by atoms with Gasteiger partial charge in [0.25, 0.3) is 5.91 Å². The SMILES string of the molecule is C/C=C(\C(=O)NC(C)=O)C(F)(F)F. The van der Waals surface area contributed by atoms with E-state index < -0.39 is 23.6 Å². The average molecular weight is 195 g/mol. The number of alkyl halides is 3. The van der Waals surface area contributed by atoms with Crippen LogP contribution in [-0.4, -0.2) is 18.0 Å². The fourth-order valence-corrected chi connectivity index (χ4v) is 0.651. The summed E-state index contributed by atoms with van der Waals surface area (Å²) in [6.07, 6.45) is -4.12. The van der Waals surface area contributed by atoms with Crippen LogP contribution in [-0.2, 0) is 9.59 Å². The number of allylic oxidation sites excluding steroid dienone is 1. The Hall–Kier alpha value is -1.33. The summed E-state index contributed by atoms with van der Waals surface area (Å²) in [6.45, 7) is 2.03. The minimum atomic E-state index is -4.73. The Morgan fingerprint density at radius 1 is 1.31 bits per heavy atom. The summed E-state index contributed by atoms with van der Waals surface area (Å²) >= 11 is 0. The van der Waals surface area contributed by atoms with Crippen LogP contribution in [0.5, 0.6) is 0 Å². The minimum Gasteiger partial charge on any atom is -0.293 e. The molecular formula is C7H8F3NO2. The van der Waals surface area contributed by atoms with Crippen molar-refractivity contribution < 1.29 is 22.8 Å². The first-order valence-corrected chi connectivity index (χ1v) is 3.34. The first kappa shape index (κ1) is 11.7.